The van der Waals surface area contributed by atoms with Crippen LogP contribution in [0.3, 0.4) is 0 Å². The second kappa shape index (κ2) is 7.73. The Hall–Kier alpha value is -2.96. The first kappa shape index (κ1) is 17.5. The van der Waals surface area contributed by atoms with Gasteiger partial charge < -0.3 is 9.64 Å². The average molecular weight is 365 g/mol. The molecule has 2 aromatic rings. The molecule has 7 nitrogen and oxygen atoms in total. The van der Waals surface area contributed by atoms with Crippen molar-refractivity contribution >= 4 is 17.9 Å². The molecule has 2 aliphatic heterocycles. The van der Waals surface area contributed by atoms with Crippen LogP contribution in [-0.4, -0.2) is 47.3 Å². The fourth-order valence-corrected chi connectivity index (χ4v) is 3.74. The zero-order valence-electron chi connectivity index (χ0n) is 15.4. The molecule has 0 bridgehead atoms. The minimum absolute atomic E-state index is 0.00792. The van der Waals surface area contributed by atoms with E-state index in [1.165, 1.54) is 6.33 Å². The van der Waals surface area contributed by atoms with Gasteiger partial charge in [0.15, 0.2) is 0 Å². The third kappa shape index (κ3) is 3.63. The van der Waals surface area contributed by atoms with Crippen LogP contribution in [0.4, 0.5) is 5.82 Å². The van der Waals surface area contributed by atoms with Crippen molar-refractivity contribution in [3.8, 4) is 5.88 Å². The number of hydrogen-bond donors (Lipinski definition) is 0. The van der Waals surface area contributed by atoms with Crippen molar-refractivity contribution in [1.82, 2.24) is 15.0 Å². The van der Waals surface area contributed by atoms with Crippen LogP contribution in [0.2, 0.25) is 0 Å². The summed E-state index contributed by atoms with van der Waals surface area (Å²) in [7, 11) is 1.59. The maximum Gasteiger partial charge on any atom is 0.246 e. The highest BCUT2D eigenvalue weighted by Gasteiger charge is 2.34. The monoisotopic (exact) mass is 365 g/mol. The molecule has 4 rings (SSSR count). The summed E-state index contributed by atoms with van der Waals surface area (Å²) in [6.45, 7) is 1.56. The lowest BCUT2D eigenvalue weighted by atomic mass is 9.94. The largest absolute Gasteiger partial charge is 0.481 e. The van der Waals surface area contributed by atoms with Gasteiger partial charge in [0.25, 0.3) is 0 Å². The molecule has 0 radical (unpaired) electrons. The number of ether oxygens (including phenoxy) is 1. The highest BCUT2D eigenvalue weighted by molar-refractivity contribution is 5.82. The van der Waals surface area contributed by atoms with Crippen LogP contribution in [0.1, 0.15) is 30.9 Å². The molecule has 2 aliphatic rings. The Morgan fingerprint density at radius 1 is 1.15 bits per heavy atom. The van der Waals surface area contributed by atoms with Gasteiger partial charge in [0.1, 0.15) is 12.1 Å². The van der Waals surface area contributed by atoms with Gasteiger partial charge in [0.2, 0.25) is 11.8 Å². The number of anilines is 1. The molecule has 1 amide bonds. The summed E-state index contributed by atoms with van der Waals surface area (Å²) in [4.78, 5) is 23.6. The van der Waals surface area contributed by atoms with E-state index >= 15 is 0 Å². The summed E-state index contributed by atoms with van der Waals surface area (Å²) in [5.41, 5.74) is 1.13. The number of carbonyl (C=O) groups is 1. The van der Waals surface area contributed by atoms with Crippen molar-refractivity contribution in [3.05, 3.63) is 48.3 Å². The van der Waals surface area contributed by atoms with E-state index in [1.807, 2.05) is 30.5 Å². The molecule has 0 saturated carbocycles. The van der Waals surface area contributed by atoms with Gasteiger partial charge in [-0.2, -0.15) is 5.10 Å². The number of rotatable bonds is 4. The first-order chi connectivity index (χ1) is 13.3. The molecule has 1 aromatic carbocycles. The maximum atomic E-state index is 13.1. The van der Waals surface area contributed by atoms with Crippen molar-refractivity contribution in [1.29, 1.82) is 0 Å². The third-order valence-corrected chi connectivity index (χ3v) is 5.24. The van der Waals surface area contributed by atoms with Gasteiger partial charge >= 0.3 is 0 Å². The van der Waals surface area contributed by atoms with Crippen LogP contribution in [-0.2, 0) is 4.79 Å². The lowest BCUT2D eigenvalue weighted by Crippen LogP contribution is -2.41. The molecule has 1 fully saturated rings. The van der Waals surface area contributed by atoms with E-state index in [9.17, 15) is 4.79 Å². The van der Waals surface area contributed by atoms with Gasteiger partial charge in [0.05, 0.1) is 13.2 Å². The molecule has 140 valence electrons. The number of carbonyl (C=O) groups excluding carboxylic acids is 1. The van der Waals surface area contributed by atoms with Crippen LogP contribution in [0.25, 0.3) is 0 Å². The highest BCUT2D eigenvalue weighted by Crippen LogP contribution is 2.32. The van der Waals surface area contributed by atoms with E-state index in [4.69, 9.17) is 4.74 Å². The van der Waals surface area contributed by atoms with Crippen molar-refractivity contribution in [2.24, 2.45) is 11.0 Å². The molecule has 7 heteroatoms. The Morgan fingerprint density at radius 3 is 2.67 bits per heavy atom. The molecule has 27 heavy (non-hydrogen) atoms. The van der Waals surface area contributed by atoms with Crippen molar-refractivity contribution in [3.63, 3.8) is 0 Å². The highest BCUT2D eigenvalue weighted by atomic mass is 16.5. The van der Waals surface area contributed by atoms with E-state index in [0.29, 0.717) is 5.88 Å². The van der Waals surface area contributed by atoms with E-state index in [0.717, 1.165) is 43.7 Å². The van der Waals surface area contributed by atoms with Gasteiger partial charge in [-0.25, -0.2) is 15.0 Å². The lowest BCUT2D eigenvalue weighted by Gasteiger charge is -2.34. The fraction of sp³-hybridized carbons (Fsp3) is 0.400. The molecule has 3 heterocycles. The normalized spacial score (nSPS) is 20.1. The Morgan fingerprint density at radius 2 is 1.93 bits per heavy atom. The summed E-state index contributed by atoms with van der Waals surface area (Å²) in [5.74, 6) is 1.51. The Labute approximate surface area is 158 Å². The number of hydrogen-bond acceptors (Lipinski definition) is 6. The third-order valence-electron chi connectivity index (χ3n) is 5.24. The topological polar surface area (TPSA) is 70.9 Å². The van der Waals surface area contributed by atoms with Crippen molar-refractivity contribution in [2.45, 2.75) is 25.3 Å². The van der Waals surface area contributed by atoms with Gasteiger partial charge in [-0.1, -0.05) is 30.3 Å². The molecular weight excluding hydrogens is 342 g/mol. The molecular formula is C20H23N5O2. The van der Waals surface area contributed by atoms with E-state index in [2.05, 4.69) is 32.1 Å². The Bertz CT molecular complexity index is 818. The van der Waals surface area contributed by atoms with Gasteiger partial charge in [-0.15, -0.1) is 0 Å². The van der Waals surface area contributed by atoms with E-state index < -0.39 is 0 Å². The smallest absolute Gasteiger partial charge is 0.246 e. The molecule has 1 atom stereocenters. The van der Waals surface area contributed by atoms with Gasteiger partial charge in [0, 0.05) is 37.7 Å². The van der Waals surface area contributed by atoms with Crippen molar-refractivity contribution in [2.75, 3.05) is 25.1 Å². The van der Waals surface area contributed by atoms with E-state index in [1.54, 1.807) is 12.1 Å². The maximum absolute atomic E-state index is 13.1. The molecule has 0 spiro atoms. The first-order valence-corrected chi connectivity index (χ1v) is 9.27. The number of piperidine rings is 1. The molecule has 0 aliphatic carbocycles. The molecule has 1 unspecified atom stereocenters. The first-order valence-electron chi connectivity index (χ1n) is 9.27. The molecule has 1 aromatic heterocycles. The fourth-order valence-electron chi connectivity index (χ4n) is 3.74. The summed E-state index contributed by atoms with van der Waals surface area (Å²) < 4.78 is 5.17. The summed E-state index contributed by atoms with van der Waals surface area (Å²) >= 11 is 0. The number of methoxy groups -OCH3 is 1. The second-order valence-electron chi connectivity index (χ2n) is 6.82. The standard InChI is InChI=1S/C20H23N5O2/c1-27-19-13-18(21-14-22-19)24-11-8-16(9-12-24)20(26)25-17(7-10-23-25)15-5-3-2-4-6-15/h2-6,10,13-14,16-17H,7-9,11-12H2,1H3. The lowest BCUT2D eigenvalue weighted by molar-refractivity contribution is -0.138. The zero-order chi connectivity index (χ0) is 18.6. The minimum atomic E-state index is -0.00792. The summed E-state index contributed by atoms with van der Waals surface area (Å²) in [5, 5.41) is 6.06. The number of nitrogens with zero attached hydrogens (tertiary/aromatic N) is 5. The number of aromatic nitrogens is 2. The second-order valence-corrected chi connectivity index (χ2v) is 6.82. The van der Waals surface area contributed by atoms with Gasteiger partial charge in [-0.05, 0) is 18.4 Å². The van der Waals surface area contributed by atoms with Crippen LogP contribution in [0.15, 0.2) is 47.8 Å². The number of hydrazone groups is 1. The SMILES string of the molecule is COc1cc(N2CCC(C(=O)N3N=CCC3c3ccccc3)CC2)ncn1. The predicted molar refractivity (Wildman–Crippen MR) is 103 cm³/mol. The number of amides is 1. The average Bonchev–Trinajstić information content (AvgIpc) is 3.24. The summed E-state index contributed by atoms with van der Waals surface area (Å²) in [6, 6.07) is 12.0. The van der Waals surface area contributed by atoms with Crippen LogP contribution >= 0.6 is 0 Å². The Kier molecular flexibility index (Phi) is 5.00. The predicted octanol–water partition coefficient (Wildman–Crippen LogP) is 2.66. The summed E-state index contributed by atoms with van der Waals surface area (Å²) in [6.07, 6.45) is 5.71. The zero-order valence-corrected chi connectivity index (χ0v) is 15.4. The van der Waals surface area contributed by atoms with Crippen LogP contribution < -0.4 is 9.64 Å². The van der Waals surface area contributed by atoms with Crippen LogP contribution in [0, 0.1) is 5.92 Å². The quantitative estimate of drug-likeness (QED) is 0.833. The molecule has 1 saturated heterocycles. The Balaban J connectivity index is 1.40. The van der Waals surface area contributed by atoms with Gasteiger partial charge in [-0.3, -0.25) is 4.79 Å². The minimum Gasteiger partial charge on any atom is -0.481 e. The number of benzene rings is 1. The molecule has 0 N–H and O–H groups in total. The van der Waals surface area contributed by atoms with Crippen molar-refractivity contribution < 1.29 is 9.53 Å². The van der Waals surface area contributed by atoms with E-state index in [-0.39, 0.29) is 17.9 Å². The van der Waals surface area contributed by atoms with Crippen LogP contribution in [0.5, 0.6) is 5.88 Å².